The minimum atomic E-state index is -1.00. The number of hydrogen-bond acceptors (Lipinski definition) is 6. The molecule has 4 heterocycles. The van der Waals surface area contributed by atoms with Gasteiger partial charge in [0.05, 0.1) is 35.3 Å². The Morgan fingerprint density at radius 2 is 0.652 bits per heavy atom. The maximum Gasteiger partial charge on any atom is 0.253 e. The van der Waals surface area contributed by atoms with Crippen molar-refractivity contribution in [2.24, 2.45) is 11.8 Å². The molecule has 46 heavy (non-hydrogen) atoms. The number of anilines is 2. The molecule has 4 aromatic carbocycles. The summed E-state index contributed by atoms with van der Waals surface area (Å²) in [5.74, 6) is -3.52. The maximum atomic E-state index is 14.5. The van der Waals surface area contributed by atoms with Gasteiger partial charge >= 0.3 is 0 Å². The van der Waals surface area contributed by atoms with Crippen LogP contribution in [0.15, 0.2) is 97.1 Å². The summed E-state index contributed by atoms with van der Waals surface area (Å²) in [6, 6.07) is 23.4. The summed E-state index contributed by atoms with van der Waals surface area (Å²) in [5, 5.41) is 5.51. The van der Waals surface area contributed by atoms with E-state index in [0.717, 1.165) is 0 Å². The highest BCUT2D eigenvalue weighted by molar-refractivity contribution is 6.32. The number of hydrazine groups is 1. The number of benzene rings is 4. The fraction of sp³-hybridized carbons (Fsp3) is 0.176. The van der Waals surface area contributed by atoms with Crippen LogP contribution in [-0.2, 0) is 19.2 Å². The lowest BCUT2D eigenvalue weighted by Gasteiger charge is -2.35. The van der Waals surface area contributed by atoms with Crippen LogP contribution in [0.2, 0.25) is 20.1 Å². The van der Waals surface area contributed by atoms with Gasteiger partial charge in [-0.1, -0.05) is 70.7 Å². The van der Waals surface area contributed by atoms with E-state index in [4.69, 9.17) is 46.4 Å². The molecular weight excluding hydrogens is 670 g/mol. The number of amides is 4. The number of rotatable bonds is 4. The van der Waals surface area contributed by atoms with Crippen LogP contribution in [0.1, 0.15) is 23.2 Å². The van der Waals surface area contributed by atoms with Gasteiger partial charge in [-0.2, -0.15) is 0 Å². The van der Waals surface area contributed by atoms with E-state index in [9.17, 15) is 19.2 Å². The van der Waals surface area contributed by atoms with Gasteiger partial charge < -0.3 is 0 Å². The Morgan fingerprint density at radius 3 is 0.957 bits per heavy atom. The standard InChI is InChI=1S/C34H22Cl4N4O4/c35-19-5-1-17(2-6-19)27-25-29(33(45)39(31(25)43)23-13-9-21(37)10-14-23)42-28(18-3-7-20(36)8-4-18)26-30(41(27)42)34(46)40(32(26)44)24-15-11-22(38)12-16-24/h1-16,25-30H/t25-,26-,27+,28+,29-,30+/m0/s1. The molecule has 0 N–H and O–H groups in total. The molecule has 0 spiro atoms. The highest BCUT2D eigenvalue weighted by Crippen LogP contribution is 2.59. The molecular formula is C34H22Cl4N4O4. The molecule has 8 nitrogen and oxygen atoms in total. The van der Waals surface area contributed by atoms with E-state index in [1.54, 1.807) is 107 Å². The zero-order valence-corrected chi connectivity index (χ0v) is 26.7. The van der Waals surface area contributed by atoms with Crippen molar-refractivity contribution >= 4 is 81.4 Å². The van der Waals surface area contributed by atoms with Crippen molar-refractivity contribution < 1.29 is 19.2 Å². The summed E-state index contributed by atoms with van der Waals surface area (Å²) in [5.41, 5.74) is 2.14. The maximum absolute atomic E-state index is 14.5. The number of fused-ring (bicyclic) bond motifs is 5. The van der Waals surface area contributed by atoms with E-state index in [2.05, 4.69) is 0 Å². The minimum Gasteiger partial charge on any atom is -0.274 e. The lowest BCUT2D eigenvalue weighted by Crippen LogP contribution is -2.50. The molecule has 0 saturated carbocycles. The molecule has 4 saturated heterocycles. The third-order valence-electron chi connectivity index (χ3n) is 9.32. The molecule has 0 aromatic heterocycles. The average molecular weight is 692 g/mol. The summed E-state index contributed by atoms with van der Waals surface area (Å²) in [7, 11) is 0. The largest absolute Gasteiger partial charge is 0.274 e. The Hall–Kier alpha value is -3.76. The molecule has 4 aliphatic heterocycles. The van der Waals surface area contributed by atoms with Crippen LogP contribution in [0.25, 0.3) is 0 Å². The zero-order valence-electron chi connectivity index (χ0n) is 23.6. The Morgan fingerprint density at radius 1 is 0.370 bits per heavy atom. The molecule has 6 atom stereocenters. The van der Waals surface area contributed by atoms with E-state index in [-0.39, 0.29) is 0 Å². The van der Waals surface area contributed by atoms with Crippen molar-refractivity contribution in [3.8, 4) is 0 Å². The highest BCUT2D eigenvalue weighted by atomic mass is 35.5. The summed E-state index contributed by atoms with van der Waals surface area (Å²) in [6.07, 6.45) is 0. The van der Waals surface area contributed by atoms with E-state index < -0.39 is 59.6 Å². The first-order valence-corrected chi connectivity index (χ1v) is 16.0. The van der Waals surface area contributed by atoms with Crippen LogP contribution in [-0.4, -0.2) is 45.7 Å². The van der Waals surface area contributed by atoms with Crippen LogP contribution in [0, 0.1) is 11.8 Å². The highest BCUT2D eigenvalue weighted by Gasteiger charge is 2.73. The van der Waals surface area contributed by atoms with Crippen LogP contribution < -0.4 is 9.80 Å². The Bertz CT molecular complexity index is 1780. The molecule has 0 unspecified atom stereocenters. The minimum absolute atomic E-state index is 0.388. The van der Waals surface area contributed by atoms with Gasteiger partial charge in [0.1, 0.15) is 12.1 Å². The van der Waals surface area contributed by atoms with Gasteiger partial charge in [0.15, 0.2) is 0 Å². The monoisotopic (exact) mass is 690 g/mol. The summed E-state index contributed by atoms with van der Waals surface area (Å²) < 4.78 is 0. The Labute approximate surface area is 283 Å². The smallest absolute Gasteiger partial charge is 0.253 e. The van der Waals surface area contributed by atoms with E-state index in [1.165, 1.54) is 9.80 Å². The van der Waals surface area contributed by atoms with Crippen molar-refractivity contribution in [1.29, 1.82) is 0 Å². The summed E-state index contributed by atoms with van der Waals surface area (Å²) in [4.78, 5) is 60.1. The molecule has 0 radical (unpaired) electrons. The fourth-order valence-corrected chi connectivity index (χ4v) is 8.01. The molecule has 4 aromatic rings. The number of hydrogen-bond donors (Lipinski definition) is 0. The topological polar surface area (TPSA) is 81.2 Å². The van der Waals surface area contributed by atoms with Crippen LogP contribution in [0.4, 0.5) is 11.4 Å². The quantitative estimate of drug-likeness (QED) is 0.221. The number of carbonyl (C=O) groups is 4. The first kappa shape index (κ1) is 29.6. The molecule has 12 heteroatoms. The molecule has 0 aliphatic carbocycles. The predicted octanol–water partition coefficient (Wildman–Crippen LogP) is 6.75. The lowest BCUT2D eigenvalue weighted by molar-refractivity contribution is -0.136. The number of imide groups is 2. The van der Waals surface area contributed by atoms with Crippen LogP contribution >= 0.6 is 46.4 Å². The molecule has 230 valence electrons. The zero-order chi connectivity index (χ0) is 32.0. The molecule has 8 rings (SSSR count). The number of carbonyl (C=O) groups excluding carboxylic acids is 4. The first-order chi connectivity index (χ1) is 22.2. The second-order valence-corrected chi connectivity index (χ2v) is 13.4. The normalized spacial score (nSPS) is 27.5. The van der Waals surface area contributed by atoms with Gasteiger partial charge in [-0.05, 0) is 83.9 Å². The fourth-order valence-electron chi connectivity index (χ4n) is 7.51. The van der Waals surface area contributed by atoms with Crippen molar-refractivity contribution in [2.75, 3.05) is 9.80 Å². The second kappa shape index (κ2) is 10.9. The van der Waals surface area contributed by atoms with Crippen LogP contribution in [0.5, 0.6) is 0 Å². The third kappa shape index (κ3) is 4.29. The summed E-state index contributed by atoms with van der Waals surface area (Å²) in [6.45, 7) is 0. The van der Waals surface area contributed by atoms with Gasteiger partial charge in [0.25, 0.3) is 11.8 Å². The third-order valence-corrected chi connectivity index (χ3v) is 10.3. The summed E-state index contributed by atoms with van der Waals surface area (Å²) >= 11 is 24.8. The van der Waals surface area contributed by atoms with Gasteiger partial charge in [-0.25, -0.2) is 19.8 Å². The van der Waals surface area contributed by atoms with Crippen molar-refractivity contribution in [3.05, 3.63) is 128 Å². The van der Waals surface area contributed by atoms with Gasteiger partial charge in [0, 0.05) is 20.1 Å². The van der Waals surface area contributed by atoms with Crippen molar-refractivity contribution in [1.82, 2.24) is 10.0 Å². The van der Waals surface area contributed by atoms with E-state index >= 15 is 0 Å². The average Bonchev–Trinajstić information content (AvgIpc) is 3.71. The van der Waals surface area contributed by atoms with Crippen molar-refractivity contribution in [2.45, 2.75) is 24.2 Å². The predicted molar refractivity (Wildman–Crippen MR) is 175 cm³/mol. The molecule has 4 amide bonds. The molecule has 4 aliphatic rings. The Balaban J connectivity index is 1.32. The lowest BCUT2D eigenvalue weighted by atomic mass is 9.84. The van der Waals surface area contributed by atoms with Gasteiger partial charge in [-0.3, -0.25) is 19.2 Å². The van der Waals surface area contributed by atoms with E-state index in [0.29, 0.717) is 42.6 Å². The van der Waals surface area contributed by atoms with Crippen molar-refractivity contribution in [3.63, 3.8) is 0 Å². The number of halogens is 4. The second-order valence-electron chi connectivity index (χ2n) is 11.7. The SMILES string of the molecule is O=C1[C@@H]2[C@@H](C(=O)N1c1ccc(Cl)cc1)N1[C@H](c3ccc(Cl)cc3)[C@@H]3C(=O)N(c4ccc(Cl)cc4)C(=O)[C@@H]3N1[C@@H]2c1ccc(Cl)cc1. The van der Waals surface area contributed by atoms with Gasteiger partial charge in [-0.15, -0.1) is 0 Å². The first-order valence-electron chi connectivity index (χ1n) is 14.5. The van der Waals surface area contributed by atoms with E-state index in [1.807, 2.05) is 0 Å². The Kier molecular flexibility index (Phi) is 7.03. The molecule has 4 fully saturated rings. The van der Waals surface area contributed by atoms with Gasteiger partial charge in [0.2, 0.25) is 11.8 Å². The molecule has 0 bridgehead atoms. The van der Waals surface area contributed by atoms with Crippen LogP contribution in [0.3, 0.4) is 0 Å². The number of nitrogens with zero attached hydrogens (tertiary/aromatic N) is 4.